The number of carbonyl (C=O) groups is 2. The minimum Gasteiger partial charge on any atom is -0.463 e. The summed E-state index contributed by atoms with van der Waals surface area (Å²) >= 11 is 0. The van der Waals surface area contributed by atoms with Gasteiger partial charge in [0.1, 0.15) is 0 Å². The minimum atomic E-state index is -0.829. The van der Waals surface area contributed by atoms with Crippen molar-refractivity contribution in [1.29, 1.82) is 0 Å². The first-order chi connectivity index (χ1) is 18.6. The number of benzene rings is 1. The first kappa shape index (κ1) is 30.9. The van der Waals surface area contributed by atoms with Crippen molar-refractivity contribution in [3.8, 4) is 0 Å². The van der Waals surface area contributed by atoms with Gasteiger partial charge in [-0.15, -0.1) is 0 Å². The van der Waals surface area contributed by atoms with E-state index < -0.39 is 5.79 Å². The summed E-state index contributed by atoms with van der Waals surface area (Å²) in [6, 6.07) is 9.60. The van der Waals surface area contributed by atoms with Crippen molar-refractivity contribution in [1.82, 2.24) is 0 Å². The molecule has 0 aromatic heterocycles. The van der Waals surface area contributed by atoms with Crippen LogP contribution in [0.4, 0.5) is 5.69 Å². The summed E-state index contributed by atoms with van der Waals surface area (Å²) in [5, 5.41) is 8.62. The number of esters is 2. The van der Waals surface area contributed by atoms with E-state index >= 15 is 0 Å². The van der Waals surface area contributed by atoms with Crippen LogP contribution in [0.1, 0.15) is 57.8 Å². The molecule has 38 heavy (non-hydrogen) atoms. The zero-order chi connectivity index (χ0) is 27.3. The van der Waals surface area contributed by atoms with Crippen molar-refractivity contribution in [2.75, 3.05) is 26.4 Å². The van der Waals surface area contributed by atoms with Crippen LogP contribution in [0, 0.1) is 0 Å². The molecule has 0 amide bonds. The van der Waals surface area contributed by atoms with Crippen molar-refractivity contribution in [3.05, 3.63) is 79.6 Å². The Morgan fingerprint density at radius 3 is 1.76 bits per heavy atom. The molecule has 2 rings (SSSR count). The van der Waals surface area contributed by atoms with Gasteiger partial charge >= 0.3 is 11.9 Å². The Morgan fingerprint density at radius 2 is 1.29 bits per heavy atom. The molecule has 0 spiro atoms. The summed E-state index contributed by atoms with van der Waals surface area (Å²) < 4.78 is 22.5. The lowest BCUT2D eigenvalue weighted by Gasteiger charge is -2.32. The predicted molar refractivity (Wildman–Crippen MR) is 147 cm³/mol. The zero-order valence-corrected chi connectivity index (χ0v) is 22.2. The molecular weight excluding hydrogens is 484 g/mol. The lowest BCUT2D eigenvalue weighted by molar-refractivity contribution is -0.204. The number of hydrogen-bond acceptors (Lipinski definition) is 8. The second-order valence-electron chi connectivity index (χ2n) is 8.78. The van der Waals surface area contributed by atoms with Crippen LogP contribution in [-0.2, 0) is 28.5 Å². The van der Waals surface area contributed by atoms with Gasteiger partial charge in [-0.25, -0.2) is 9.59 Å². The Balaban J connectivity index is 1.77. The van der Waals surface area contributed by atoms with Crippen molar-refractivity contribution in [2.24, 2.45) is 10.2 Å². The molecule has 0 saturated carbocycles. The lowest BCUT2D eigenvalue weighted by Crippen LogP contribution is -2.35. The van der Waals surface area contributed by atoms with Crippen LogP contribution in [0.5, 0.6) is 0 Å². The molecule has 0 heterocycles. The Hall–Kier alpha value is -3.36. The Bertz CT molecular complexity index is 919. The molecule has 0 saturated heterocycles. The molecule has 1 aromatic rings. The molecule has 0 unspecified atom stereocenters. The average Bonchev–Trinajstić information content (AvgIpc) is 2.95. The van der Waals surface area contributed by atoms with Crippen LogP contribution in [0.15, 0.2) is 89.8 Å². The quantitative estimate of drug-likeness (QED) is 0.0604. The first-order valence-electron chi connectivity index (χ1n) is 13.3. The first-order valence-corrected chi connectivity index (χ1v) is 13.3. The highest BCUT2D eigenvalue weighted by Crippen LogP contribution is 2.29. The van der Waals surface area contributed by atoms with Crippen LogP contribution < -0.4 is 0 Å². The number of carbonyl (C=O) groups excluding carboxylic acids is 2. The van der Waals surface area contributed by atoms with Gasteiger partial charge in [0.05, 0.1) is 37.8 Å². The van der Waals surface area contributed by atoms with E-state index in [9.17, 15) is 9.59 Å². The van der Waals surface area contributed by atoms with Crippen LogP contribution in [0.2, 0.25) is 0 Å². The van der Waals surface area contributed by atoms with Gasteiger partial charge in [0.25, 0.3) is 0 Å². The van der Waals surface area contributed by atoms with Gasteiger partial charge in [-0.05, 0) is 62.8 Å². The number of azo groups is 1. The maximum absolute atomic E-state index is 11.1. The number of unbranched alkanes of at least 4 members (excludes halogenated alkanes) is 6. The van der Waals surface area contributed by atoms with E-state index in [1.54, 1.807) is 0 Å². The molecule has 206 valence electrons. The van der Waals surface area contributed by atoms with Crippen molar-refractivity contribution >= 4 is 17.6 Å². The van der Waals surface area contributed by atoms with E-state index in [4.69, 9.17) is 18.9 Å². The van der Waals surface area contributed by atoms with Crippen LogP contribution in [0.3, 0.4) is 0 Å². The van der Waals surface area contributed by atoms with Crippen LogP contribution >= 0.6 is 0 Å². The molecule has 1 aliphatic carbocycles. The van der Waals surface area contributed by atoms with Gasteiger partial charge in [0.2, 0.25) is 0 Å². The fourth-order valence-electron chi connectivity index (χ4n) is 3.60. The number of allylic oxidation sites excluding steroid dienone is 1. The summed E-state index contributed by atoms with van der Waals surface area (Å²) in [5.41, 5.74) is 1.56. The predicted octanol–water partition coefficient (Wildman–Crippen LogP) is 6.92. The highest BCUT2D eigenvalue weighted by Gasteiger charge is 2.30. The Labute approximate surface area is 226 Å². The van der Waals surface area contributed by atoms with Gasteiger partial charge in [-0.2, -0.15) is 10.2 Å². The van der Waals surface area contributed by atoms with E-state index in [0.29, 0.717) is 32.8 Å². The van der Waals surface area contributed by atoms with Gasteiger partial charge < -0.3 is 18.9 Å². The molecule has 8 nitrogen and oxygen atoms in total. The number of hydrogen-bond donors (Lipinski definition) is 0. The van der Waals surface area contributed by atoms with Crippen molar-refractivity contribution < 1.29 is 28.5 Å². The molecule has 0 aliphatic heterocycles. The third kappa shape index (κ3) is 13.3. The maximum atomic E-state index is 11.1. The molecule has 1 aliphatic rings. The van der Waals surface area contributed by atoms with Crippen LogP contribution in [-0.4, -0.2) is 44.2 Å². The van der Waals surface area contributed by atoms with Gasteiger partial charge in [0.15, 0.2) is 5.79 Å². The zero-order valence-electron chi connectivity index (χ0n) is 22.2. The largest absolute Gasteiger partial charge is 0.463 e. The van der Waals surface area contributed by atoms with Gasteiger partial charge in [-0.1, -0.05) is 50.3 Å². The van der Waals surface area contributed by atoms with Gasteiger partial charge in [-0.3, -0.25) is 0 Å². The molecule has 0 N–H and O–H groups in total. The second kappa shape index (κ2) is 18.8. The van der Waals surface area contributed by atoms with Gasteiger partial charge in [0, 0.05) is 18.6 Å². The second-order valence-corrected chi connectivity index (χ2v) is 8.78. The highest BCUT2D eigenvalue weighted by molar-refractivity contribution is 5.81. The van der Waals surface area contributed by atoms with E-state index in [2.05, 4.69) is 23.4 Å². The summed E-state index contributed by atoms with van der Waals surface area (Å²) in [5.74, 6) is -1.60. The molecule has 8 heteroatoms. The fourth-order valence-corrected chi connectivity index (χ4v) is 3.60. The summed E-state index contributed by atoms with van der Waals surface area (Å²) in [6.45, 7) is 8.70. The van der Waals surface area contributed by atoms with E-state index in [-0.39, 0.29) is 11.9 Å². The average molecular weight is 525 g/mol. The molecule has 0 atom stereocenters. The smallest absolute Gasteiger partial charge is 0.330 e. The van der Waals surface area contributed by atoms with E-state index in [1.165, 1.54) is 12.2 Å². The lowest BCUT2D eigenvalue weighted by atomic mass is 10.1. The molecule has 0 fully saturated rings. The number of ether oxygens (including phenoxy) is 4. The van der Waals surface area contributed by atoms with Crippen molar-refractivity contribution in [3.63, 3.8) is 0 Å². The molecule has 0 radical (unpaired) electrons. The van der Waals surface area contributed by atoms with Crippen LogP contribution in [0.25, 0.3) is 0 Å². The SMILES string of the molecule is C=CC(=O)OCCCCCCOC1(OCCCCCCOC(=O)C=C)C=CC(N=Nc2ccccc2)=CC1. The third-order valence-corrected chi connectivity index (χ3v) is 5.73. The van der Waals surface area contributed by atoms with Crippen molar-refractivity contribution in [2.45, 2.75) is 63.6 Å². The monoisotopic (exact) mass is 524 g/mol. The Kier molecular flexibility index (Phi) is 15.3. The highest BCUT2D eigenvalue weighted by atomic mass is 16.7. The fraction of sp³-hybridized carbons (Fsp3) is 0.467. The molecule has 0 bridgehead atoms. The maximum Gasteiger partial charge on any atom is 0.330 e. The summed E-state index contributed by atoms with van der Waals surface area (Å²) in [6.07, 6.45) is 15.9. The summed E-state index contributed by atoms with van der Waals surface area (Å²) in [4.78, 5) is 22.2. The normalized spacial score (nSPS) is 14.2. The third-order valence-electron chi connectivity index (χ3n) is 5.73. The van der Waals surface area contributed by atoms with E-state index in [1.807, 2.05) is 48.6 Å². The standard InChI is InChI=1S/C30H40N2O6/c1-3-28(33)35-22-12-5-7-14-24-37-30(38-25-15-8-6-13-23-36-29(34)4-2)20-18-27(19-21-30)32-31-26-16-10-9-11-17-26/h3-4,9-11,16-20H,1-2,5-8,12-15,21-25H2. The molecular formula is C30H40N2O6. The summed E-state index contributed by atoms with van der Waals surface area (Å²) in [7, 11) is 0. The topological polar surface area (TPSA) is 95.8 Å². The number of nitrogens with zero attached hydrogens (tertiary/aromatic N) is 2. The molecule has 1 aromatic carbocycles. The van der Waals surface area contributed by atoms with E-state index in [0.717, 1.165) is 62.8 Å². The number of rotatable bonds is 20. The Morgan fingerprint density at radius 1 is 0.763 bits per heavy atom. The minimum absolute atomic E-state index is 0.386.